The first-order valence-corrected chi connectivity index (χ1v) is 13.0. The topological polar surface area (TPSA) is 116 Å². The van der Waals surface area contributed by atoms with E-state index in [0.717, 1.165) is 28.8 Å². The summed E-state index contributed by atoms with van der Waals surface area (Å²) >= 11 is 1.17. The standard InChI is InChI=1S/C29H23N3O6S/c1-37-19-9-12-24(38-2)22(15-19)27-21-10-7-16-5-3-4-6-20(16)26(21)30-29-31(27)28(34)25(39-29)14-17-13-18(32(35)36)8-11-23(17)33/h3-6,8-9,11-15,27,33H,7,10H2,1-2H3/b25-14+. The Hall–Kier alpha value is -4.70. The molecule has 0 radical (unpaired) electrons. The molecule has 0 amide bonds. The monoisotopic (exact) mass is 541 g/mol. The van der Waals surface area contributed by atoms with Gasteiger partial charge in [0.25, 0.3) is 11.2 Å². The molecule has 1 aromatic heterocycles. The molecule has 1 aliphatic carbocycles. The minimum absolute atomic E-state index is 0.161. The Bertz CT molecular complexity index is 1870. The second-order valence-corrected chi connectivity index (χ2v) is 10.2. The Morgan fingerprint density at radius 1 is 1.10 bits per heavy atom. The van der Waals surface area contributed by atoms with Gasteiger partial charge < -0.3 is 14.6 Å². The van der Waals surface area contributed by atoms with Crippen LogP contribution in [0.2, 0.25) is 0 Å². The lowest BCUT2D eigenvalue weighted by atomic mass is 9.83. The van der Waals surface area contributed by atoms with Crippen LogP contribution in [0, 0.1) is 10.1 Å². The van der Waals surface area contributed by atoms with Crippen LogP contribution in [0.4, 0.5) is 5.69 Å². The maximum absolute atomic E-state index is 14.0. The molecule has 0 saturated carbocycles. The van der Waals surface area contributed by atoms with Gasteiger partial charge in [0.05, 0.1) is 35.4 Å². The number of methoxy groups -OCH3 is 2. The van der Waals surface area contributed by atoms with Gasteiger partial charge in [-0.1, -0.05) is 35.6 Å². The van der Waals surface area contributed by atoms with E-state index in [-0.39, 0.29) is 22.6 Å². The van der Waals surface area contributed by atoms with Gasteiger partial charge >= 0.3 is 0 Å². The van der Waals surface area contributed by atoms with E-state index in [1.807, 2.05) is 36.4 Å². The number of nitro benzene ring substituents is 1. The molecule has 39 heavy (non-hydrogen) atoms. The average molecular weight is 542 g/mol. The summed E-state index contributed by atoms with van der Waals surface area (Å²) in [5.41, 5.74) is 4.50. The van der Waals surface area contributed by atoms with Gasteiger partial charge in [-0.3, -0.25) is 19.5 Å². The van der Waals surface area contributed by atoms with E-state index in [0.29, 0.717) is 27.3 Å². The van der Waals surface area contributed by atoms with Crippen LogP contribution in [0.25, 0.3) is 11.8 Å². The predicted molar refractivity (Wildman–Crippen MR) is 147 cm³/mol. The van der Waals surface area contributed by atoms with Crippen LogP contribution >= 0.6 is 11.3 Å². The second-order valence-electron chi connectivity index (χ2n) is 9.22. The van der Waals surface area contributed by atoms with E-state index in [4.69, 9.17) is 14.5 Å². The molecule has 0 spiro atoms. The van der Waals surface area contributed by atoms with Gasteiger partial charge in [-0.05, 0) is 54.3 Å². The van der Waals surface area contributed by atoms with Gasteiger partial charge in [-0.15, -0.1) is 0 Å². The molecule has 4 aromatic rings. The number of allylic oxidation sites excluding steroid dienone is 1. The zero-order valence-electron chi connectivity index (χ0n) is 21.1. The molecule has 9 nitrogen and oxygen atoms in total. The third kappa shape index (κ3) is 4.09. The van der Waals surface area contributed by atoms with Crippen molar-refractivity contribution in [3.8, 4) is 17.2 Å². The fraction of sp³-hybridized carbons (Fsp3) is 0.172. The maximum Gasteiger partial charge on any atom is 0.271 e. The van der Waals surface area contributed by atoms with Crippen LogP contribution in [0.5, 0.6) is 17.2 Å². The van der Waals surface area contributed by atoms with Crippen molar-refractivity contribution in [2.75, 3.05) is 14.2 Å². The molecule has 10 heteroatoms. The average Bonchev–Trinajstić information content (AvgIpc) is 3.26. The number of aromatic hydroxyl groups is 1. The van der Waals surface area contributed by atoms with Crippen LogP contribution in [0.15, 0.2) is 76.0 Å². The number of phenols is 1. The predicted octanol–water partition coefficient (Wildman–Crippen LogP) is 3.95. The molecule has 0 fully saturated rings. The lowest BCUT2D eigenvalue weighted by Crippen LogP contribution is -2.39. The zero-order valence-corrected chi connectivity index (χ0v) is 21.9. The Kier molecular flexibility index (Phi) is 6.03. The van der Waals surface area contributed by atoms with Gasteiger partial charge in [0, 0.05) is 28.8 Å². The second kappa shape index (κ2) is 9.55. The number of hydrogen-bond acceptors (Lipinski definition) is 8. The van der Waals surface area contributed by atoms with Crippen molar-refractivity contribution >= 4 is 28.8 Å². The van der Waals surface area contributed by atoms with Crippen LogP contribution in [0.3, 0.4) is 0 Å². The first-order chi connectivity index (χ1) is 18.9. The number of nitro groups is 1. The van der Waals surface area contributed by atoms with E-state index in [2.05, 4.69) is 6.07 Å². The maximum atomic E-state index is 14.0. The molecule has 1 aliphatic heterocycles. The SMILES string of the molecule is COc1ccc(OC)c(C2C3=C(N=c4s/c(=C/c5cc([N+](=O)[O-])ccc5O)c(=O)n42)c2ccccc2CC3)c1. The van der Waals surface area contributed by atoms with Crippen molar-refractivity contribution in [3.63, 3.8) is 0 Å². The van der Waals surface area contributed by atoms with Crippen molar-refractivity contribution in [2.45, 2.75) is 18.9 Å². The highest BCUT2D eigenvalue weighted by atomic mass is 32.1. The summed E-state index contributed by atoms with van der Waals surface area (Å²) in [7, 11) is 3.18. The van der Waals surface area contributed by atoms with Crippen LogP contribution in [-0.2, 0) is 6.42 Å². The van der Waals surface area contributed by atoms with Gasteiger partial charge in [0.1, 0.15) is 17.2 Å². The molecule has 0 saturated heterocycles. The highest BCUT2D eigenvalue weighted by Gasteiger charge is 2.34. The van der Waals surface area contributed by atoms with Gasteiger partial charge in [0.2, 0.25) is 0 Å². The summed E-state index contributed by atoms with van der Waals surface area (Å²) in [6.07, 6.45) is 2.98. The van der Waals surface area contributed by atoms with Gasteiger partial charge in [-0.2, -0.15) is 0 Å². The number of aromatic nitrogens is 1. The normalized spacial score (nSPS) is 16.2. The lowest BCUT2D eigenvalue weighted by molar-refractivity contribution is -0.384. The molecule has 2 heterocycles. The largest absolute Gasteiger partial charge is 0.507 e. The van der Waals surface area contributed by atoms with E-state index in [1.165, 1.54) is 41.2 Å². The number of hydrogen-bond donors (Lipinski definition) is 1. The molecule has 6 rings (SSSR count). The van der Waals surface area contributed by atoms with Crippen molar-refractivity contribution in [3.05, 3.63) is 118 Å². The summed E-state index contributed by atoms with van der Waals surface area (Å²) in [5.74, 6) is 1.08. The Labute approximate surface area is 226 Å². The highest BCUT2D eigenvalue weighted by Crippen LogP contribution is 2.44. The van der Waals surface area contributed by atoms with Crippen molar-refractivity contribution in [1.82, 2.24) is 4.57 Å². The summed E-state index contributed by atoms with van der Waals surface area (Å²) < 4.78 is 13.2. The number of aryl methyl sites for hydroxylation is 1. The number of fused-ring (bicyclic) bond motifs is 3. The van der Waals surface area contributed by atoms with Crippen LogP contribution < -0.4 is 24.4 Å². The summed E-state index contributed by atoms with van der Waals surface area (Å²) in [5, 5.41) is 21.7. The van der Waals surface area contributed by atoms with Crippen LogP contribution in [0.1, 0.15) is 34.7 Å². The van der Waals surface area contributed by atoms with E-state index in [1.54, 1.807) is 18.8 Å². The number of rotatable bonds is 5. The van der Waals surface area contributed by atoms with Crippen LogP contribution in [-0.4, -0.2) is 28.8 Å². The molecule has 0 bridgehead atoms. The third-order valence-corrected chi connectivity index (χ3v) is 8.10. The quantitative estimate of drug-likeness (QED) is 0.302. The number of non-ortho nitro benzene ring substituents is 1. The fourth-order valence-electron chi connectivity index (χ4n) is 5.26. The summed E-state index contributed by atoms with van der Waals surface area (Å²) in [6, 6.07) is 16.8. The number of nitrogens with zero attached hydrogens (tertiary/aromatic N) is 3. The van der Waals surface area contributed by atoms with Gasteiger partial charge in [0.15, 0.2) is 4.80 Å². The molecule has 1 unspecified atom stereocenters. The Balaban J connectivity index is 1.65. The molecular weight excluding hydrogens is 518 g/mol. The smallest absolute Gasteiger partial charge is 0.271 e. The Morgan fingerprint density at radius 3 is 2.69 bits per heavy atom. The fourth-order valence-corrected chi connectivity index (χ4v) is 6.26. The number of benzene rings is 3. The minimum atomic E-state index is -0.543. The van der Waals surface area contributed by atoms with Crippen molar-refractivity contribution in [1.29, 1.82) is 0 Å². The molecular formula is C29H23N3O6S. The molecule has 2 aliphatic rings. The molecule has 196 valence electrons. The molecule has 1 N–H and O–H groups in total. The zero-order chi connectivity index (χ0) is 27.3. The van der Waals surface area contributed by atoms with E-state index in [9.17, 15) is 20.0 Å². The summed E-state index contributed by atoms with van der Waals surface area (Å²) in [4.78, 5) is 30.2. The minimum Gasteiger partial charge on any atom is -0.507 e. The number of thiazole rings is 1. The Morgan fingerprint density at radius 2 is 1.92 bits per heavy atom. The lowest BCUT2D eigenvalue weighted by Gasteiger charge is -2.31. The first kappa shape index (κ1) is 24.6. The molecule has 1 atom stereocenters. The number of ether oxygens (including phenoxy) is 2. The third-order valence-electron chi connectivity index (χ3n) is 7.11. The number of phenolic OH excluding ortho intramolecular Hbond substituents is 1. The summed E-state index contributed by atoms with van der Waals surface area (Å²) in [6.45, 7) is 0. The van der Waals surface area contributed by atoms with Crippen molar-refractivity contribution in [2.24, 2.45) is 4.99 Å². The van der Waals surface area contributed by atoms with Gasteiger partial charge in [-0.25, -0.2) is 4.99 Å². The first-order valence-electron chi connectivity index (χ1n) is 12.2. The highest BCUT2D eigenvalue weighted by molar-refractivity contribution is 7.07. The van der Waals surface area contributed by atoms with Crippen molar-refractivity contribution < 1.29 is 19.5 Å². The van der Waals surface area contributed by atoms with E-state index >= 15 is 0 Å². The molecule has 3 aromatic carbocycles. The van der Waals surface area contributed by atoms with E-state index < -0.39 is 11.0 Å².